The van der Waals surface area contributed by atoms with E-state index in [4.69, 9.17) is 9.47 Å². The van der Waals surface area contributed by atoms with Gasteiger partial charge in [0.15, 0.2) is 0 Å². The van der Waals surface area contributed by atoms with Crippen molar-refractivity contribution in [3.8, 4) is 11.5 Å². The monoisotopic (exact) mass is 351 g/mol. The fraction of sp³-hybridized carbons (Fsp3) is 0.455. The summed E-state index contributed by atoms with van der Waals surface area (Å²) in [5, 5.41) is 3.08. The zero-order valence-corrected chi connectivity index (χ0v) is 12.5. The molecule has 1 N–H and O–H groups in total. The zero-order valence-electron chi connectivity index (χ0n) is 9.35. The van der Waals surface area contributed by atoms with Crippen LogP contribution in [0.5, 0.6) is 11.5 Å². The molecule has 0 radical (unpaired) electrons. The van der Waals surface area contributed by atoms with Crippen LogP contribution >= 0.6 is 31.9 Å². The summed E-state index contributed by atoms with van der Waals surface area (Å²) in [4.78, 5) is 0. The minimum atomic E-state index is 0.693. The zero-order chi connectivity index (χ0) is 12.0. The summed E-state index contributed by atoms with van der Waals surface area (Å²) < 4.78 is 12.6. The molecule has 0 aliphatic carbocycles. The van der Waals surface area contributed by atoms with Crippen molar-refractivity contribution in [2.45, 2.75) is 6.42 Å². The van der Waals surface area contributed by atoms with Crippen molar-refractivity contribution in [1.82, 2.24) is 5.32 Å². The number of rotatable bonds is 6. The molecule has 0 spiro atoms. The second-order valence-corrected chi connectivity index (χ2v) is 4.93. The fourth-order valence-corrected chi connectivity index (χ4v) is 2.13. The summed E-state index contributed by atoms with van der Waals surface area (Å²) in [5.41, 5.74) is 0. The van der Waals surface area contributed by atoms with Crippen LogP contribution in [0.25, 0.3) is 0 Å². The molecular weight excluding hydrogens is 338 g/mol. The maximum Gasteiger partial charge on any atom is 0.134 e. The number of hydrogen-bond acceptors (Lipinski definition) is 3. The van der Waals surface area contributed by atoms with Crippen molar-refractivity contribution in [1.29, 1.82) is 0 Å². The second-order valence-electron chi connectivity index (χ2n) is 3.22. The topological polar surface area (TPSA) is 30.5 Å². The number of hydrogen-bond donors (Lipinski definition) is 1. The minimum Gasteiger partial charge on any atom is -0.496 e. The Kier molecular flexibility index (Phi) is 6.16. The molecule has 1 aromatic rings. The van der Waals surface area contributed by atoms with Crippen LogP contribution in [0.2, 0.25) is 0 Å². The lowest BCUT2D eigenvalue weighted by Gasteiger charge is -2.11. The third-order valence-corrected chi connectivity index (χ3v) is 3.27. The molecule has 0 saturated carbocycles. The van der Waals surface area contributed by atoms with E-state index in [-0.39, 0.29) is 0 Å². The van der Waals surface area contributed by atoms with Crippen LogP contribution in [-0.2, 0) is 0 Å². The van der Waals surface area contributed by atoms with Gasteiger partial charge in [0.1, 0.15) is 11.5 Å². The molecule has 90 valence electrons. The van der Waals surface area contributed by atoms with E-state index >= 15 is 0 Å². The number of benzene rings is 1. The van der Waals surface area contributed by atoms with Crippen molar-refractivity contribution in [2.24, 2.45) is 0 Å². The van der Waals surface area contributed by atoms with Crippen LogP contribution in [0.3, 0.4) is 0 Å². The van der Waals surface area contributed by atoms with Gasteiger partial charge in [-0.05, 0) is 64.0 Å². The van der Waals surface area contributed by atoms with Crippen LogP contribution < -0.4 is 14.8 Å². The standard InChI is InChI=1S/C11H15Br2NO2/c1-14-4-3-5-16-11-7-8(12)10(15-2)6-9(11)13/h6-7,14H,3-5H2,1-2H3. The molecule has 0 atom stereocenters. The van der Waals surface area contributed by atoms with Gasteiger partial charge in [-0.1, -0.05) is 0 Å². The second kappa shape index (κ2) is 7.14. The first-order valence-electron chi connectivity index (χ1n) is 4.99. The van der Waals surface area contributed by atoms with E-state index in [1.54, 1.807) is 7.11 Å². The molecular formula is C11H15Br2NO2. The summed E-state index contributed by atoms with van der Waals surface area (Å²) >= 11 is 6.88. The van der Waals surface area contributed by atoms with Gasteiger partial charge in [0, 0.05) is 0 Å². The Morgan fingerprint density at radius 2 is 1.81 bits per heavy atom. The van der Waals surface area contributed by atoms with E-state index < -0.39 is 0 Å². The first-order valence-corrected chi connectivity index (χ1v) is 6.58. The van der Waals surface area contributed by atoms with Crippen LogP contribution in [-0.4, -0.2) is 27.3 Å². The summed E-state index contributed by atoms with van der Waals surface area (Å²) in [5.74, 6) is 1.61. The minimum absolute atomic E-state index is 0.693. The molecule has 16 heavy (non-hydrogen) atoms. The summed E-state index contributed by atoms with van der Waals surface area (Å²) in [6, 6.07) is 3.79. The van der Waals surface area contributed by atoms with Crippen LogP contribution in [0, 0.1) is 0 Å². The van der Waals surface area contributed by atoms with E-state index in [9.17, 15) is 0 Å². The highest BCUT2D eigenvalue weighted by atomic mass is 79.9. The molecule has 0 aliphatic heterocycles. The van der Waals surface area contributed by atoms with E-state index in [1.165, 1.54) is 0 Å². The van der Waals surface area contributed by atoms with Gasteiger partial charge in [0.25, 0.3) is 0 Å². The van der Waals surface area contributed by atoms with E-state index in [1.807, 2.05) is 19.2 Å². The lowest BCUT2D eigenvalue weighted by Crippen LogP contribution is -2.11. The highest BCUT2D eigenvalue weighted by Gasteiger charge is 2.07. The van der Waals surface area contributed by atoms with Crippen molar-refractivity contribution in [3.05, 3.63) is 21.1 Å². The summed E-state index contributed by atoms with van der Waals surface area (Å²) in [6.07, 6.45) is 0.979. The van der Waals surface area contributed by atoms with Crippen LogP contribution in [0.1, 0.15) is 6.42 Å². The molecule has 0 amide bonds. The number of halogens is 2. The Morgan fingerprint density at radius 1 is 1.19 bits per heavy atom. The molecule has 0 saturated heterocycles. The third kappa shape index (κ3) is 3.96. The van der Waals surface area contributed by atoms with Gasteiger partial charge in [-0.3, -0.25) is 0 Å². The highest BCUT2D eigenvalue weighted by Crippen LogP contribution is 2.35. The average Bonchev–Trinajstić information content (AvgIpc) is 2.28. The highest BCUT2D eigenvalue weighted by molar-refractivity contribution is 9.11. The lowest BCUT2D eigenvalue weighted by atomic mass is 10.3. The molecule has 0 aromatic heterocycles. The van der Waals surface area contributed by atoms with Crippen LogP contribution in [0.15, 0.2) is 21.1 Å². The first kappa shape index (κ1) is 13.8. The maximum absolute atomic E-state index is 5.65. The first-order chi connectivity index (χ1) is 7.69. The Morgan fingerprint density at radius 3 is 2.44 bits per heavy atom. The van der Waals surface area contributed by atoms with Gasteiger partial charge in [0.2, 0.25) is 0 Å². The van der Waals surface area contributed by atoms with Gasteiger partial charge in [-0.25, -0.2) is 0 Å². The molecule has 5 heteroatoms. The van der Waals surface area contributed by atoms with E-state index in [2.05, 4.69) is 37.2 Å². The van der Waals surface area contributed by atoms with Gasteiger partial charge >= 0.3 is 0 Å². The van der Waals surface area contributed by atoms with Crippen molar-refractivity contribution >= 4 is 31.9 Å². The molecule has 0 aliphatic rings. The van der Waals surface area contributed by atoms with Gasteiger partial charge in [-0.15, -0.1) is 0 Å². The van der Waals surface area contributed by atoms with E-state index in [0.29, 0.717) is 6.61 Å². The lowest BCUT2D eigenvalue weighted by molar-refractivity contribution is 0.307. The molecule has 1 aromatic carbocycles. The largest absolute Gasteiger partial charge is 0.496 e. The average molecular weight is 353 g/mol. The number of nitrogens with one attached hydrogen (secondary N) is 1. The predicted molar refractivity (Wildman–Crippen MR) is 72.4 cm³/mol. The summed E-state index contributed by atoms with van der Waals surface area (Å²) in [7, 11) is 3.57. The molecule has 1 rings (SSSR count). The Bertz CT molecular complexity index is 345. The third-order valence-electron chi connectivity index (χ3n) is 2.04. The Labute approximate surface area is 113 Å². The molecule has 0 heterocycles. The number of methoxy groups -OCH3 is 1. The molecule has 0 unspecified atom stereocenters. The van der Waals surface area contributed by atoms with Crippen molar-refractivity contribution in [2.75, 3.05) is 27.3 Å². The molecule has 0 bridgehead atoms. The SMILES string of the molecule is CNCCCOc1cc(Br)c(OC)cc1Br. The van der Waals surface area contributed by atoms with E-state index in [0.717, 1.165) is 33.4 Å². The molecule has 3 nitrogen and oxygen atoms in total. The number of ether oxygens (including phenoxy) is 2. The maximum atomic E-state index is 5.65. The van der Waals surface area contributed by atoms with Crippen molar-refractivity contribution < 1.29 is 9.47 Å². The fourth-order valence-electron chi connectivity index (χ4n) is 1.21. The van der Waals surface area contributed by atoms with Gasteiger partial charge < -0.3 is 14.8 Å². The quantitative estimate of drug-likeness (QED) is 0.797. The Balaban J connectivity index is 2.63. The molecule has 0 fully saturated rings. The summed E-state index contributed by atoms with van der Waals surface area (Å²) in [6.45, 7) is 1.65. The normalized spacial score (nSPS) is 10.2. The smallest absolute Gasteiger partial charge is 0.134 e. The van der Waals surface area contributed by atoms with Gasteiger partial charge in [-0.2, -0.15) is 0 Å². The van der Waals surface area contributed by atoms with Gasteiger partial charge in [0.05, 0.1) is 22.7 Å². The van der Waals surface area contributed by atoms with Crippen LogP contribution in [0.4, 0.5) is 0 Å². The Hall–Kier alpha value is -0.260. The van der Waals surface area contributed by atoms with Crippen molar-refractivity contribution in [3.63, 3.8) is 0 Å². The predicted octanol–water partition coefficient (Wildman–Crippen LogP) is 3.21.